The lowest BCUT2D eigenvalue weighted by atomic mass is 9.90. The molecule has 1 saturated carbocycles. The molecule has 4 atom stereocenters. The molecule has 1 aliphatic heterocycles. The van der Waals surface area contributed by atoms with Crippen molar-refractivity contribution in [3.8, 4) is 0 Å². The predicted octanol–water partition coefficient (Wildman–Crippen LogP) is 3.51. The molecule has 2 aliphatic rings. The summed E-state index contributed by atoms with van der Waals surface area (Å²) in [5.74, 6) is -0.567. The highest BCUT2D eigenvalue weighted by Crippen LogP contribution is 2.50. The van der Waals surface area contributed by atoms with Crippen molar-refractivity contribution in [1.82, 2.24) is 4.90 Å². The standard InChI is InChI=1S/C21H23NO3/c1-13-9-15(21(24)25)12-22(11-13)20(23)19-10-18(19)17-8-4-6-14-5-2-3-7-16(14)17/h2-8,13,15,18-19H,9-12H2,1H3,(H,24,25). The first-order valence-corrected chi connectivity index (χ1v) is 9.04. The molecule has 1 heterocycles. The summed E-state index contributed by atoms with van der Waals surface area (Å²) in [6.07, 6.45) is 1.53. The fraction of sp³-hybridized carbons (Fsp3) is 0.429. The highest BCUT2D eigenvalue weighted by Gasteiger charge is 2.47. The van der Waals surface area contributed by atoms with Gasteiger partial charge in [0.15, 0.2) is 0 Å². The number of carboxylic acid groups (broad SMARTS) is 1. The smallest absolute Gasteiger partial charge is 0.308 e. The number of hydrogen-bond acceptors (Lipinski definition) is 2. The van der Waals surface area contributed by atoms with Crippen LogP contribution < -0.4 is 0 Å². The minimum absolute atomic E-state index is 0.00514. The fourth-order valence-electron chi connectivity index (χ4n) is 4.33. The molecule has 1 amide bonds. The van der Waals surface area contributed by atoms with Crippen LogP contribution in [-0.4, -0.2) is 35.0 Å². The third-order valence-electron chi connectivity index (χ3n) is 5.65. The zero-order valence-corrected chi connectivity index (χ0v) is 14.4. The average molecular weight is 337 g/mol. The summed E-state index contributed by atoms with van der Waals surface area (Å²) in [4.78, 5) is 26.1. The Kier molecular flexibility index (Phi) is 3.98. The van der Waals surface area contributed by atoms with E-state index in [0.717, 1.165) is 6.42 Å². The quantitative estimate of drug-likeness (QED) is 0.932. The zero-order valence-electron chi connectivity index (χ0n) is 14.4. The van der Waals surface area contributed by atoms with Crippen molar-refractivity contribution in [1.29, 1.82) is 0 Å². The van der Waals surface area contributed by atoms with Gasteiger partial charge in [-0.15, -0.1) is 0 Å². The number of hydrogen-bond donors (Lipinski definition) is 1. The Labute approximate surface area is 147 Å². The van der Waals surface area contributed by atoms with Crippen molar-refractivity contribution >= 4 is 22.6 Å². The van der Waals surface area contributed by atoms with Gasteiger partial charge in [-0.3, -0.25) is 9.59 Å². The van der Waals surface area contributed by atoms with Crippen LogP contribution in [0.5, 0.6) is 0 Å². The Morgan fingerprint density at radius 1 is 1.04 bits per heavy atom. The molecular formula is C21H23NO3. The van der Waals surface area contributed by atoms with Gasteiger partial charge in [-0.25, -0.2) is 0 Å². The monoisotopic (exact) mass is 337 g/mol. The van der Waals surface area contributed by atoms with Crippen molar-refractivity contribution in [3.63, 3.8) is 0 Å². The SMILES string of the molecule is CC1CC(C(=O)O)CN(C(=O)C2CC2c2cccc3ccccc23)C1. The summed E-state index contributed by atoms with van der Waals surface area (Å²) in [6, 6.07) is 14.6. The first-order chi connectivity index (χ1) is 12.0. The lowest BCUT2D eigenvalue weighted by Gasteiger charge is -2.35. The molecule has 0 bridgehead atoms. The van der Waals surface area contributed by atoms with Gasteiger partial charge in [0.25, 0.3) is 0 Å². The number of likely N-dealkylation sites (tertiary alicyclic amines) is 1. The van der Waals surface area contributed by atoms with Crippen LogP contribution >= 0.6 is 0 Å². The highest BCUT2D eigenvalue weighted by atomic mass is 16.4. The molecule has 4 unspecified atom stereocenters. The summed E-state index contributed by atoms with van der Waals surface area (Å²) in [5.41, 5.74) is 1.25. The van der Waals surface area contributed by atoms with E-state index in [4.69, 9.17) is 0 Å². The Bertz CT molecular complexity index is 826. The molecule has 0 spiro atoms. The number of carboxylic acids is 1. The van der Waals surface area contributed by atoms with Gasteiger partial charge in [0.2, 0.25) is 5.91 Å². The normalized spacial score (nSPS) is 28.8. The van der Waals surface area contributed by atoms with E-state index >= 15 is 0 Å². The topological polar surface area (TPSA) is 57.6 Å². The molecule has 25 heavy (non-hydrogen) atoms. The minimum Gasteiger partial charge on any atom is -0.481 e. The van der Waals surface area contributed by atoms with Crippen LogP contribution in [-0.2, 0) is 9.59 Å². The van der Waals surface area contributed by atoms with Gasteiger partial charge in [0.1, 0.15) is 0 Å². The van der Waals surface area contributed by atoms with Crippen molar-refractivity contribution < 1.29 is 14.7 Å². The van der Waals surface area contributed by atoms with Gasteiger partial charge >= 0.3 is 5.97 Å². The number of carbonyl (C=O) groups is 2. The Morgan fingerprint density at radius 2 is 1.80 bits per heavy atom. The maximum atomic E-state index is 12.9. The minimum atomic E-state index is -0.786. The molecule has 130 valence electrons. The number of benzene rings is 2. The van der Waals surface area contributed by atoms with E-state index in [9.17, 15) is 14.7 Å². The second-order valence-corrected chi connectivity index (χ2v) is 7.64. The van der Waals surface area contributed by atoms with Crippen LogP contribution in [0.3, 0.4) is 0 Å². The highest BCUT2D eigenvalue weighted by molar-refractivity contribution is 5.90. The average Bonchev–Trinajstić information content (AvgIpc) is 3.40. The van der Waals surface area contributed by atoms with Gasteiger partial charge in [-0.2, -0.15) is 0 Å². The molecule has 1 aliphatic carbocycles. The maximum absolute atomic E-state index is 12.9. The lowest BCUT2D eigenvalue weighted by Crippen LogP contribution is -2.46. The maximum Gasteiger partial charge on any atom is 0.308 e. The zero-order chi connectivity index (χ0) is 17.6. The Morgan fingerprint density at radius 3 is 2.60 bits per heavy atom. The second kappa shape index (κ2) is 6.17. The van der Waals surface area contributed by atoms with E-state index in [1.165, 1.54) is 16.3 Å². The molecule has 0 aromatic heterocycles. The molecule has 2 aromatic rings. The first kappa shape index (κ1) is 16.1. The molecule has 2 fully saturated rings. The van der Waals surface area contributed by atoms with Crippen LogP contribution in [0.1, 0.15) is 31.2 Å². The Balaban J connectivity index is 1.52. The number of piperidine rings is 1. The summed E-state index contributed by atoms with van der Waals surface area (Å²) >= 11 is 0. The first-order valence-electron chi connectivity index (χ1n) is 9.04. The van der Waals surface area contributed by atoms with Gasteiger partial charge in [0, 0.05) is 19.0 Å². The second-order valence-electron chi connectivity index (χ2n) is 7.64. The molecule has 2 aromatic carbocycles. The van der Waals surface area contributed by atoms with E-state index in [-0.39, 0.29) is 23.7 Å². The number of carbonyl (C=O) groups excluding carboxylic acids is 1. The van der Waals surface area contributed by atoms with E-state index in [1.807, 2.05) is 19.1 Å². The molecule has 0 radical (unpaired) electrons. The molecular weight excluding hydrogens is 314 g/mol. The summed E-state index contributed by atoms with van der Waals surface area (Å²) < 4.78 is 0. The largest absolute Gasteiger partial charge is 0.481 e. The number of aliphatic carboxylic acids is 1. The number of amides is 1. The fourth-order valence-corrected chi connectivity index (χ4v) is 4.33. The molecule has 4 nitrogen and oxygen atoms in total. The van der Waals surface area contributed by atoms with Gasteiger partial charge in [-0.1, -0.05) is 49.4 Å². The van der Waals surface area contributed by atoms with Crippen LogP contribution in [0.25, 0.3) is 10.8 Å². The van der Waals surface area contributed by atoms with Crippen molar-refractivity contribution in [3.05, 3.63) is 48.0 Å². The van der Waals surface area contributed by atoms with Crippen molar-refractivity contribution in [2.45, 2.75) is 25.7 Å². The summed E-state index contributed by atoms with van der Waals surface area (Å²) in [6.45, 7) is 3.07. The lowest BCUT2D eigenvalue weighted by molar-refractivity contribution is -0.147. The van der Waals surface area contributed by atoms with Crippen molar-refractivity contribution in [2.24, 2.45) is 17.8 Å². The van der Waals surface area contributed by atoms with Gasteiger partial charge < -0.3 is 10.0 Å². The van der Waals surface area contributed by atoms with Crippen LogP contribution in [0.2, 0.25) is 0 Å². The van der Waals surface area contributed by atoms with E-state index in [2.05, 4.69) is 30.3 Å². The van der Waals surface area contributed by atoms with Crippen molar-refractivity contribution in [2.75, 3.05) is 13.1 Å². The molecule has 4 rings (SSSR count). The number of fused-ring (bicyclic) bond motifs is 1. The van der Waals surface area contributed by atoms with Gasteiger partial charge in [0.05, 0.1) is 5.92 Å². The van der Waals surface area contributed by atoms with Gasteiger partial charge in [-0.05, 0) is 41.0 Å². The summed E-state index contributed by atoms with van der Waals surface area (Å²) in [7, 11) is 0. The van der Waals surface area contributed by atoms with E-state index in [0.29, 0.717) is 19.5 Å². The van der Waals surface area contributed by atoms with Crippen LogP contribution in [0.4, 0.5) is 0 Å². The third-order valence-corrected chi connectivity index (χ3v) is 5.65. The molecule has 4 heteroatoms. The number of nitrogens with zero attached hydrogens (tertiary/aromatic N) is 1. The Hall–Kier alpha value is -2.36. The van der Waals surface area contributed by atoms with E-state index < -0.39 is 11.9 Å². The predicted molar refractivity (Wildman–Crippen MR) is 96.3 cm³/mol. The number of rotatable bonds is 3. The third kappa shape index (κ3) is 3.01. The summed E-state index contributed by atoms with van der Waals surface area (Å²) in [5, 5.41) is 11.7. The molecule has 1 N–H and O–H groups in total. The van der Waals surface area contributed by atoms with Crippen LogP contribution in [0, 0.1) is 17.8 Å². The molecule has 1 saturated heterocycles. The van der Waals surface area contributed by atoms with E-state index in [1.54, 1.807) is 4.90 Å². The van der Waals surface area contributed by atoms with Crippen LogP contribution in [0.15, 0.2) is 42.5 Å².